The lowest BCUT2D eigenvalue weighted by atomic mass is 10.1. The summed E-state index contributed by atoms with van der Waals surface area (Å²) in [6.45, 7) is 10.1. The molecule has 0 saturated carbocycles. The van der Waals surface area contributed by atoms with E-state index < -0.39 is 0 Å². The molecule has 0 radical (unpaired) electrons. The maximum atomic E-state index is 12.5. The predicted octanol–water partition coefficient (Wildman–Crippen LogP) is 6.82. The van der Waals surface area contributed by atoms with Crippen LogP contribution in [-0.2, 0) is 9.59 Å². The van der Waals surface area contributed by atoms with E-state index in [1.54, 1.807) is 0 Å². The Balaban J connectivity index is 4.24. The summed E-state index contributed by atoms with van der Waals surface area (Å²) in [4.78, 5) is 29.4. The highest BCUT2D eigenvalue weighted by molar-refractivity contribution is 5.76. The molecular formula is C37H76N4O4. The summed E-state index contributed by atoms with van der Waals surface area (Å²) in [5.74, 6) is 0.173. The van der Waals surface area contributed by atoms with Gasteiger partial charge >= 0.3 is 0 Å². The van der Waals surface area contributed by atoms with E-state index in [1.165, 1.54) is 116 Å². The van der Waals surface area contributed by atoms with Gasteiger partial charge in [-0.1, -0.05) is 129 Å². The van der Waals surface area contributed by atoms with E-state index in [0.717, 1.165) is 45.4 Å². The molecule has 0 aromatic carbocycles. The molecule has 45 heavy (non-hydrogen) atoms. The first-order valence-electron chi connectivity index (χ1n) is 19.3. The van der Waals surface area contributed by atoms with Gasteiger partial charge in [0.05, 0.1) is 13.2 Å². The van der Waals surface area contributed by atoms with Crippen molar-refractivity contribution in [2.75, 3.05) is 65.6 Å². The van der Waals surface area contributed by atoms with Crippen molar-refractivity contribution in [3.05, 3.63) is 0 Å². The van der Waals surface area contributed by atoms with Gasteiger partial charge in [-0.25, -0.2) is 0 Å². The average Bonchev–Trinajstić information content (AvgIpc) is 3.03. The maximum absolute atomic E-state index is 12.5. The Morgan fingerprint density at radius 2 is 0.733 bits per heavy atom. The van der Waals surface area contributed by atoms with Gasteiger partial charge in [0, 0.05) is 52.1 Å². The molecule has 0 unspecified atom stereocenters. The quantitative estimate of drug-likeness (QED) is 0.0561. The van der Waals surface area contributed by atoms with Crippen LogP contribution in [0.2, 0.25) is 0 Å². The van der Waals surface area contributed by atoms with Crippen LogP contribution in [0, 0.1) is 0 Å². The van der Waals surface area contributed by atoms with Crippen LogP contribution >= 0.6 is 0 Å². The van der Waals surface area contributed by atoms with Crippen molar-refractivity contribution in [2.45, 2.75) is 162 Å². The largest absolute Gasteiger partial charge is 0.395 e. The first-order chi connectivity index (χ1) is 22.1. The van der Waals surface area contributed by atoms with Gasteiger partial charge in [-0.3, -0.25) is 14.5 Å². The molecule has 2 amide bonds. The molecule has 8 heteroatoms. The number of aliphatic hydroxyl groups excluding tert-OH is 2. The molecule has 0 bridgehead atoms. The van der Waals surface area contributed by atoms with E-state index in [4.69, 9.17) is 0 Å². The van der Waals surface area contributed by atoms with E-state index >= 15 is 0 Å². The summed E-state index contributed by atoms with van der Waals surface area (Å²) < 4.78 is 0. The van der Waals surface area contributed by atoms with E-state index in [-0.39, 0.29) is 25.0 Å². The number of hydrogen-bond acceptors (Lipinski definition) is 6. The Kier molecular flexibility index (Phi) is 34.7. The number of aliphatic hydroxyl groups is 2. The van der Waals surface area contributed by atoms with Crippen LogP contribution in [0.1, 0.15) is 162 Å². The summed E-state index contributed by atoms with van der Waals surface area (Å²) in [5.41, 5.74) is 0. The second-order valence-corrected chi connectivity index (χ2v) is 13.0. The summed E-state index contributed by atoms with van der Waals surface area (Å²) in [7, 11) is 0. The highest BCUT2D eigenvalue weighted by atomic mass is 16.3. The molecule has 0 fully saturated rings. The summed E-state index contributed by atoms with van der Waals surface area (Å²) in [5, 5.41) is 24.8. The lowest BCUT2D eigenvalue weighted by molar-refractivity contribution is -0.121. The standard InChI is InChI=1S/C37H76N4O4/c1-3-5-7-9-11-13-15-17-19-21-26-38-36(44)24-30-40(28-23-29-41(32-34-42)33-35-43)31-25-37(45)39-27-22-20-18-16-14-12-10-8-6-4-2/h42-43H,3-35H2,1-2H3,(H,38,44)(H,39,45). The number of hydrogen-bond donors (Lipinski definition) is 4. The number of carbonyl (C=O) groups excluding carboxylic acids is 2. The topological polar surface area (TPSA) is 105 Å². The second-order valence-electron chi connectivity index (χ2n) is 13.0. The number of amides is 2. The fraction of sp³-hybridized carbons (Fsp3) is 0.946. The number of carbonyl (C=O) groups is 2. The van der Waals surface area contributed by atoms with Crippen molar-refractivity contribution in [3.63, 3.8) is 0 Å². The van der Waals surface area contributed by atoms with Crippen molar-refractivity contribution in [1.82, 2.24) is 20.4 Å². The lowest BCUT2D eigenvalue weighted by Crippen LogP contribution is -2.37. The van der Waals surface area contributed by atoms with Crippen LogP contribution < -0.4 is 10.6 Å². The van der Waals surface area contributed by atoms with Gasteiger partial charge in [0.2, 0.25) is 11.8 Å². The third kappa shape index (κ3) is 32.5. The first-order valence-corrected chi connectivity index (χ1v) is 19.3. The molecule has 268 valence electrons. The number of nitrogens with zero attached hydrogens (tertiary/aromatic N) is 2. The molecule has 0 heterocycles. The fourth-order valence-electron chi connectivity index (χ4n) is 5.85. The van der Waals surface area contributed by atoms with Gasteiger partial charge in [-0.2, -0.15) is 0 Å². The van der Waals surface area contributed by atoms with Crippen molar-refractivity contribution < 1.29 is 19.8 Å². The third-order valence-electron chi connectivity index (χ3n) is 8.80. The third-order valence-corrected chi connectivity index (χ3v) is 8.80. The SMILES string of the molecule is CCCCCCCCCCCCNC(=O)CCN(CCCN(CCO)CCO)CCC(=O)NCCCCCCCCCCCC. The van der Waals surface area contributed by atoms with Gasteiger partial charge in [-0.05, 0) is 32.4 Å². The zero-order valence-electron chi connectivity index (χ0n) is 29.9. The minimum Gasteiger partial charge on any atom is -0.395 e. The highest BCUT2D eigenvalue weighted by Gasteiger charge is 2.12. The Labute approximate surface area is 278 Å². The minimum absolute atomic E-state index is 0.0716. The molecule has 0 aliphatic rings. The molecular weight excluding hydrogens is 564 g/mol. The van der Waals surface area contributed by atoms with Crippen molar-refractivity contribution in [2.24, 2.45) is 0 Å². The predicted molar refractivity (Wildman–Crippen MR) is 191 cm³/mol. The van der Waals surface area contributed by atoms with Gasteiger partial charge in [0.1, 0.15) is 0 Å². The number of nitrogens with one attached hydrogen (secondary N) is 2. The van der Waals surface area contributed by atoms with Crippen molar-refractivity contribution in [1.29, 1.82) is 0 Å². The molecule has 0 aromatic heterocycles. The molecule has 0 spiro atoms. The van der Waals surface area contributed by atoms with Crippen molar-refractivity contribution >= 4 is 11.8 Å². The van der Waals surface area contributed by atoms with Gasteiger partial charge in [-0.15, -0.1) is 0 Å². The molecule has 8 nitrogen and oxygen atoms in total. The van der Waals surface area contributed by atoms with E-state index in [1.807, 2.05) is 0 Å². The van der Waals surface area contributed by atoms with Crippen LogP contribution in [0.25, 0.3) is 0 Å². The highest BCUT2D eigenvalue weighted by Crippen LogP contribution is 2.11. The molecule has 4 N–H and O–H groups in total. The maximum Gasteiger partial charge on any atom is 0.221 e. The zero-order valence-corrected chi connectivity index (χ0v) is 29.9. The second kappa shape index (κ2) is 35.6. The molecule has 0 rings (SSSR count). The Hall–Kier alpha value is -1.22. The van der Waals surface area contributed by atoms with Gasteiger partial charge < -0.3 is 25.7 Å². The van der Waals surface area contributed by atoms with E-state index in [0.29, 0.717) is 39.0 Å². The van der Waals surface area contributed by atoms with Crippen LogP contribution in [0.3, 0.4) is 0 Å². The molecule has 0 aliphatic carbocycles. The monoisotopic (exact) mass is 641 g/mol. The van der Waals surface area contributed by atoms with E-state index in [2.05, 4.69) is 34.3 Å². The van der Waals surface area contributed by atoms with Gasteiger partial charge in [0.15, 0.2) is 0 Å². The smallest absolute Gasteiger partial charge is 0.221 e. The van der Waals surface area contributed by atoms with Crippen LogP contribution in [-0.4, -0.2) is 97.4 Å². The number of rotatable bonds is 36. The first kappa shape index (κ1) is 43.8. The lowest BCUT2D eigenvalue weighted by Gasteiger charge is -2.25. The average molecular weight is 641 g/mol. The van der Waals surface area contributed by atoms with Crippen LogP contribution in [0.15, 0.2) is 0 Å². The molecule has 0 aliphatic heterocycles. The summed E-state index contributed by atoms with van der Waals surface area (Å²) >= 11 is 0. The summed E-state index contributed by atoms with van der Waals surface area (Å²) in [6, 6.07) is 0. The normalized spacial score (nSPS) is 11.5. The minimum atomic E-state index is 0.0716. The summed E-state index contributed by atoms with van der Waals surface area (Å²) in [6.07, 6.45) is 27.5. The van der Waals surface area contributed by atoms with Crippen LogP contribution in [0.4, 0.5) is 0 Å². The molecule has 0 atom stereocenters. The van der Waals surface area contributed by atoms with Crippen molar-refractivity contribution in [3.8, 4) is 0 Å². The van der Waals surface area contributed by atoms with E-state index in [9.17, 15) is 19.8 Å². The Bertz CT molecular complexity index is 590. The zero-order chi connectivity index (χ0) is 33.1. The molecule has 0 aromatic rings. The number of unbranched alkanes of at least 4 members (excludes halogenated alkanes) is 18. The van der Waals surface area contributed by atoms with Gasteiger partial charge in [0.25, 0.3) is 0 Å². The fourth-order valence-corrected chi connectivity index (χ4v) is 5.85. The van der Waals surface area contributed by atoms with Crippen LogP contribution in [0.5, 0.6) is 0 Å². The Morgan fingerprint density at radius 3 is 1.07 bits per heavy atom. The Morgan fingerprint density at radius 1 is 0.422 bits per heavy atom. The molecule has 0 saturated heterocycles.